The third kappa shape index (κ3) is 11.4. The topological polar surface area (TPSA) is 35.5 Å². The van der Waals surface area contributed by atoms with Crippen molar-refractivity contribution in [1.82, 2.24) is 0 Å². The summed E-state index contributed by atoms with van der Waals surface area (Å²) in [7, 11) is 0. The molecule has 0 aromatic heterocycles. The largest absolute Gasteiger partial charge is 0.466 e. The molecular formula is C12H24O3. The zero-order valence-corrected chi connectivity index (χ0v) is 10.5. The molecule has 0 rings (SSSR count). The molecule has 3 nitrogen and oxygen atoms in total. The second-order valence-electron chi connectivity index (χ2n) is 4.58. The molecule has 0 aliphatic carbocycles. The molecule has 0 heterocycles. The fourth-order valence-electron chi connectivity index (χ4n) is 1.16. The van der Waals surface area contributed by atoms with Gasteiger partial charge in [0.1, 0.15) is 0 Å². The van der Waals surface area contributed by atoms with Gasteiger partial charge in [-0.2, -0.15) is 0 Å². The second kappa shape index (κ2) is 7.69. The van der Waals surface area contributed by atoms with E-state index in [1.807, 2.05) is 27.7 Å². The first-order valence-corrected chi connectivity index (χ1v) is 5.75. The van der Waals surface area contributed by atoms with Gasteiger partial charge in [0.15, 0.2) is 0 Å². The fraction of sp³-hybridized carbons (Fsp3) is 0.917. The van der Waals surface area contributed by atoms with Crippen LogP contribution in [0.2, 0.25) is 0 Å². The Kier molecular flexibility index (Phi) is 7.39. The van der Waals surface area contributed by atoms with Gasteiger partial charge in [-0.25, -0.2) is 0 Å². The molecule has 0 atom stereocenters. The fourth-order valence-corrected chi connectivity index (χ4v) is 1.16. The number of rotatable bonds is 7. The number of unbranched alkanes of at least 4 members (excludes halogenated alkanes) is 2. The van der Waals surface area contributed by atoms with Crippen LogP contribution in [0.3, 0.4) is 0 Å². The van der Waals surface area contributed by atoms with Crippen molar-refractivity contribution in [3.63, 3.8) is 0 Å². The highest BCUT2D eigenvalue weighted by Crippen LogP contribution is 2.09. The van der Waals surface area contributed by atoms with Gasteiger partial charge >= 0.3 is 5.97 Å². The van der Waals surface area contributed by atoms with E-state index in [-0.39, 0.29) is 11.6 Å². The Bertz CT molecular complexity index is 170. The summed E-state index contributed by atoms with van der Waals surface area (Å²) in [6.07, 6.45) is 3.46. The Morgan fingerprint density at radius 2 is 1.80 bits per heavy atom. The predicted molar refractivity (Wildman–Crippen MR) is 60.8 cm³/mol. The van der Waals surface area contributed by atoms with Crippen LogP contribution in [0.15, 0.2) is 0 Å². The lowest BCUT2D eigenvalue weighted by Gasteiger charge is -2.19. The van der Waals surface area contributed by atoms with E-state index in [9.17, 15) is 4.79 Å². The van der Waals surface area contributed by atoms with Crippen molar-refractivity contribution < 1.29 is 14.3 Å². The maximum atomic E-state index is 11.0. The van der Waals surface area contributed by atoms with Crippen LogP contribution in [0, 0.1) is 0 Å². The second-order valence-corrected chi connectivity index (χ2v) is 4.58. The molecule has 0 spiro atoms. The van der Waals surface area contributed by atoms with Crippen molar-refractivity contribution in [2.45, 2.75) is 59.0 Å². The van der Waals surface area contributed by atoms with E-state index >= 15 is 0 Å². The molecule has 0 N–H and O–H groups in total. The summed E-state index contributed by atoms with van der Waals surface area (Å²) in [4.78, 5) is 11.0. The molecule has 3 heteroatoms. The monoisotopic (exact) mass is 216 g/mol. The first kappa shape index (κ1) is 14.4. The summed E-state index contributed by atoms with van der Waals surface area (Å²) in [5, 5.41) is 0. The summed E-state index contributed by atoms with van der Waals surface area (Å²) in [5.41, 5.74) is -0.0544. The lowest BCUT2D eigenvalue weighted by molar-refractivity contribution is -0.143. The van der Waals surface area contributed by atoms with Crippen LogP contribution >= 0.6 is 0 Å². The van der Waals surface area contributed by atoms with Crippen LogP contribution in [0.4, 0.5) is 0 Å². The quantitative estimate of drug-likeness (QED) is 0.485. The molecular weight excluding hydrogens is 192 g/mol. The van der Waals surface area contributed by atoms with E-state index in [4.69, 9.17) is 9.47 Å². The van der Waals surface area contributed by atoms with Gasteiger partial charge in [-0.1, -0.05) is 6.42 Å². The number of carbonyl (C=O) groups is 1. The van der Waals surface area contributed by atoms with Gasteiger partial charge < -0.3 is 9.47 Å². The Labute approximate surface area is 93.1 Å². The lowest BCUT2D eigenvalue weighted by Crippen LogP contribution is -2.19. The van der Waals surface area contributed by atoms with E-state index in [2.05, 4.69) is 0 Å². The lowest BCUT2D eigenvalue weighted by atomic mass is 10.2. The first-order valence-electron chi connectivity index (χ1n) is 5.75. The number of esters is 1. The third-order valence-corrected chi connectivity index (χ3v) is 1.87. The van der Waals surface area contributed by atoms with Crippen molar-refractivity contribution in [2.24, 2.45) is 0 Å². The van der Waals surface area contributed by atoms with Gasteiger partial charge in [-0.05, 0) is 40.5 Å². The van der Waals surface area contributed by atoms with Crippen LogP contribution in [0.1, 0.15) is 53.4 Å². The maximum Gasteiger partial charge on any atom is 0.305 e. The van der Waals surface area contributed by atoms with E-state index in [0.29, 0.717) is 13.0 Å². The number of hydrogen-bond acceptors (Lipinski definition) is 3. The number of carbonyl (C=O) groups excluding carboxylic acids is 1. The van der Waals surface area contributed by atoms with E-state index < -0.39 is 0 Å². The molecule has 0 bridgehead atoms. The SMILES string of the molecule is CCOC(=O)CCCCCOC(C)(C)C. The average Bonchev–Trinajstić information content (AvgIpc) is 2.09. The minimum Gasteiger partial charge on any atom is -0.466 e. The molecule has 0 unspecified atom stereocenters. The van der Waals surface area contributed by atoms with Crippen molar-refractivity contribution in [3.05, 3.63) is 0 Å². The van der Waals surface area contributed by atoms with Gasteiger partial charge in [0, 0.05) is 13.0 Å². The smallest absolute Gasteiger partial charge is 0.305 e. The molecule has 0 saturated carbocycles. The molecule has 0 fully saturated rings. The third-order valence-electron chi connectivity index (χ3n) is 1.87. The molecule has 0 radical (unpaired) electrons. The van der Waals surface area contributed by atoms with E-state index in [1.54, 1.807) is 0 Å². The van der Waals surface area contributed by atoms with Crippen molar-refractivity contribution in [1.29, 1.82) is 0 Å². The van der Waals surface area contributed by atoms with Crippen molar-refractivity contribution >= 4 is 5.97 Å². The molecule has 0 aromatic rings. The van der Waals surface area contributed by atoms with Gasteiger partial charge in [0.25, 0.3) is 0 Å². The zero-order chi connectivity index (χ0) is 11.7. The summed E-state index contributed by atoms with van der Waals surface area (Å²) in [6.45, 7) is 9.22. The zero-order valence-electron chi connectivity index (χ0n) is 10.5. The van der Waals surface area contributed by atoms with Crippen LogP contribution in [-0.4, -0.2) is 24.8 Å². The Hall–Kier alpha value is -0.570. The predicted octanol–water partition coefficient (Wildman–Crippen LogP) is 2.93. The normalized spacial score (nSPS) is 11.5. The first-order chi connectivity index (χ1) is 6.95. The highest BCUT2D eigenvalue weighted by molar-refractivity contribution is 5.69. The van der Waals surface area contributed by atoms with Gasteiger partial charge in [0.05, 0.1) is 12.2 Å². The number of ether oxygens (including phenoxy) is 2. The molecule has 0 aromatic carbocycles. The number of hydrogen-bond donors (Lipinski definition) is 0. The van der Waals surface area contributed by atoms with Gasteiger partial charge in [-0.3, -0.25) is 4.79 Å². The van der Waals surface area contributed by atoms with Crippen LogP contribution in [0.5, 0.6) is 0 Å². The molecule has 15 heavy (non-hydrogen) atoms. The summed E-state index contributed by atoms with van der Waals surface area (Å²) in [5.74, 6) is -0.0887. The molecule has 0 saturated heterocycles. The Balaban J connectivity index is 3.22. The van der Waals surface area contributed by atoms with Crippen LogP contribution < -0.4 is 0 Å². The van der Waals surface area contributed by atoms with Crippen molar-refractivity contribution in [2.75, 3.05) is 13.2 Å². The molecule has 0 amide bonds. The highest BCUT2D eigenvalue weighted by atomic mass is 16.5. The summed E-state index contributed by atoms with van der Waals surface area (Å²) in [6, 6.07) is 0. The van der Waals surface area contributed by atoms with Crippen LogP contribution in [0.25, 0.3) is 0 Å². The van der Waals surface area contributed by atoms with Gasteiger partial charge in [0.2, 0.25) is 0 Å². The van der Waals surface area contributed by atoms with Crippen molar-refractivity contribution in [3.8, 4) is 0 Å². The minimum absolute atomic E-state index is 0.0544. The maximum absolute atomic E-state index is 11.0. The summed E-state index contributed by atoms with van der Waals surface area (Å²) >= 11 is 0. The highest BCUT2D eigenvalue weighted by Gasteiger charge is 2.08. The van der Waals surface area contributed by atoms with Crippen LogP contribution in [-0.2, 0) is 14.3 Å². The standard InChI is InChI=1S/C12H24O3/c1-5-14-11(13)9-7-6-8-10-15-12(2,3)4/h5-10H2,1-4H3. The van der Waals surface area contributed by atoms with E-state index in [0.717, 1.165) is 25.9 Å². The average molecular weight is 216 g/mol. The summed E-state index contributed by atoms with van der Waals surface area (Å²) < 4.78 is 10.4. The molecule has 90 valence electrons. The minimum atomic E-state index is -0.0887. The molecule has 0 aliphatic rings. The Morgan fingerprint density at radius 1 is 1.13 bits per heavy atom. The molecule has 0 aliphatic heterocycles. The van der Waals surface area contributed by atoms with Gasteiger partial charge in [-0.15, -0.1) is 0 Å². The van der Waals surface area contributed by atoms with E-state index in [1.165, 1.54) is 0 Å². The Morgan fingerprint density at radius 3 is 2.33 bits per heavy atom.